The minimum Gasteiger partial charge on any atom is -0.453 e. The largest absolute Gasteiger partial charge is 0.453 e. The van der Waals surface area contributed by atoms with Crippen LogP contribution in [0.25, 0.3) is 5.57 Å². The summed E-state index contributed by atoms with van der Waals surface area (Å²) >= 11 is 6.21. The number of nitro groups is 1. The average Bonchev–Trinajstić information content (AvgIpc) is 3.21. The van der Waals surface area contributed by atoms with Crippen molar-refractivity contribution in [1.82, 2.24) is 14.5 Å². The molecule has 3 aliphatic rings. The molecule has 318 valence electrons. The number of sulfonamides is 1. The molecule has 0 saturated carbocycles. The van der Waals surface area contributed by atoms with Crippen molar-refractivity contribution in [2.24, 2.45) is 5.41 Å². The Kier molecular flexibility index (Phi) is 12.8. The fraction of sp³-hybridized carbons (Fsp3) is 0.386. The molecule has 7 rings (SSSR count). The summed E-state index contributed by atoms with van der Waals surface area (Å²) in [7, 11) is -2.66. The van der Waals surface area contributed by atoms with Crippen LogP contribution in [-0.4, -0.2) is 88.0 Å². The molecule has 2 saturated heterocycles. The molecule has 60 heavy (non-hydrogen) atoms. The number of carbonyl (C=O) groups is 1. The molecule has 2 heterocycles. The van der Waals surface area contributed by atoms with Crippen LogP contribution < -0.4 is 19.7 Å². The van der Waals surface area contributed by atoms with Gasteiger partial charge in [-0.25, -0.2) is 17.5 Å². The lowest BCUT2D eigenvalue weighted by atomic mass is 9.72. The van der Waals surface area contributed by atoms with E-state index in [9.17, 15) is 32.1 Å². The summed E-state index contributed by atoms with van der Waals surface area (Å²) in [6.07, 6.45) is 4.58. The van der Waals surface area contributed by atoms with Crippen LogP contribution in [0.2, 0.25) is 5.02 Å². The Morgan fingerprint density at radius 1 is 0.950 bits per heavy atom. The van der Waals surface area contributed by atoms with Crippen LogP contribution in [0.3, 0.4) is 0 Å². The molecule has 0 unspecified atom stereocenters. The molecule has 16 heteroatoms. The summed E-state index contributed by atoms with van der Waals surface area (Å²) < 4.78 is 64.1. The molecule has 0 bridgehead atoms. The molecular weight excluding hydrogens is 814 g/mol. The van der Waals surface area contributed by atoms with Gasteiger partial charge in [-0.15, -0.1) is 0 Å². The minimum atomic E-state index is -4.66. The number of hydrogen-bond donors (Lipinski definition) is 2. The van der Waals surface area contributed by atoms with Crippen LogP contribution in [0.5, 0.6) is 11.5 Å². The summed E-state index contributed by atoms with van der Waals surface area (Å²) in [6, 6.07) is 19.3. The Morgan fingerprint density at radius 2 is 1.67 bits per heavy atom. The number of benzene rings is 4. The second-order valence-corrected chi connectivity index (χ2v) is 18.7. The molecule has 0 radical (unpaired) electrons. The minimum absolute atomic E-state index is 0.0312. The van der Waals surface area contributed by atoms with Gasteiger partial charge in [-0.1, -0.05) is 49.2 Å². The van der Waals surface area contributed by atoms with E-state index in [0.29, 0.717) is 23.8 Å². The number of nitrogens with one attached hydrogen (secondary N) is 2. The lowest BCUT2D eigenvalue weighted by molar-refractivity contribution is -0.384. The fourth-order valence-electron chi connectivity index (χ4n) is 8.12. The van der Waals surface area contributed by atoms with Gasteiger partial charge in [0.05, 0.1) is 15.4 Å². The Labute approximate surface area is 354 Å². The quantitative estimate of drug-likeness (QED) is 0.105. The average molecular weight is 863 g/mol. The normalized spacial score (nSPS) is 18.0. The molecule has 1 amide bonds. The number of piperidine rings is 1. The smallest absolute Gasteiger partial charge is 0.293 e. The van der Waals surface area contributed by atoms with E-state index in [2.05, 4.69) is 46.0 Å². The molecule has 0 atom stereocenters. The zero-order valence-electron chi connectivity index (χ0n) is 33.8. The van der Waals surface area contributed by atoms with Gasteiger partial charge in [-0.3, -0.25) is 19.8 Å². The van der Waals surface area contributed by atoms with Gasteiger partial charge in [-0.2, -0.15) is 4.39 Å². The van der Waals surface area contributed by atoms with E-state index in [1.807, 2.05) is 23.9 Å². The topological polar surface area (TPSA) is 137 Å². The van der Waals surface area contributed by atoms with Gasteiger partial charge in [0.2, 0.25) is 5.82 Å². The molecule has 4 aromatic rings. The lowest BCUT2D eigenvalue weighted by Gasteiger charge is -2.39. The van der Waals surface area contributed by atoms with Gasteiger partial charge in [0.15, 0.2) is 11.6 Å². The number of ether oxygens (including phenoxy) is 1. The van der Waals surface area contributed by atoms with E-state index in [0.717, 1.165) is 77.0 Å². The number of hydrogen-bond acceptors (Lipinski definition) is 10. The van der Waals surface area contributed by atoms with Crippen molar-refractivity contribution in [3.63, 3.8) is 0 Å². The van der Waals surface area contributed by atoms with Crippen LogP contribution in [0, 0.1) is 27.2 Å². The number of nitrogens with zero attached hydrogens (tertiary/aromatic N) is 4. The third kappa shape index (κ3) is 10.1. The molecule has 12 nitrogen and oxygen atoms in total. The summed E-state index contributed by atoms with van der Waals surface area (Å²) in [5, 5.41) is 15.9. The van der Waals surface area contributed by atoms with E-state index in [1.54, 1.807) is 6.07 Å². The second-order valence-electron chi connectivity index (χ2n) is 16.6. The van der Waals surface area contributed by atoms with Gasteiger partial charge in [0.1, 0.15) is 11.4 Å². The molecule has 2 aliphatic heterocycles. The van der Waals surface area contributed by atoms with E-state index in [1.165, 1.54) is 53.1 Å². The number of allylic oxidation sites excluding steroid dienone is 1. The van der Waals surface area contributed by atoms with Crippen LogP contribution in [0.15, 0.2) is 89.3 Å². The van der Waals surface area contributed by atoms with Gasteiger partial charge < -0.3 is 19.9 Å². The molecule has 2 N–H and O–H groups in total. The summed E-state index contributed by atoms with van der Waals surface area (Å²) in [5.74, 6) is -4.29. The maximum absolute atomic E-state index is 14.9. The maximum Gasteiger partial charge on any atom is 0.293 e. The van der Waals surface area contributed by atoms with Crippen LogP contribution >= 0.6 is 11.6 Å². The highest BCUT2D eigenvalue weighted by molar-refractivity contribution is 7.90. The van der Waals surface area contributed by atoms with E-state index in [4.69, 9.17) is 16.3 Å². The van der Waals surface area contributed by atoms with E-state index in [-0.39, 0.29) is 28.5 Å². The highest BCUT2D eigenvalue weighted by Crippen LogP contribution is 2.43. The predicted octanol–water partition coefficient (Wildman–Crippen LogP) is 8.73. The van der Waals surface area contributed by atoms with Crippen molar-refractivity contribution < 1.29 is 31.7 Å². The monoisotopic (exact) mass is 862 g/mol. The number of carbonyl (C=O) groups excluding carboxylic acids is 1. The first kappa shape index (κ1) is 43.0. The third-order valence-electron chi connectivity index (χ3n) is 11.7. The van der Waals surface area contributed by atoms with E-state index >= 15 is 0 Å². The van der Waals surface area contributed by atoms with Crippen LogP contribution in [-0.2, 0) is 10.0 Å². The van der Waals surface area contributed by atoms with Crippen LogP contribution in [0.1, 0.15) is 61.9 Å². The molecule has 0 aromatic heterocycles. The van der Waals surface area contributed by atoms with Gasteiger partial charge in [-0.05, 0) is 117 Å². The number of nitro benzene ring substituents is 1. The zero-order chi connectivity index (χ0) is 42.8. The maximum atomic E-state index is 14.9. The number of piperazine rings is 1. The fourth-order valence-corrected chi connectivity index (χ4v) is 9.23. The molecule has 1 aliphatic carbocycles. The zero-order valence-corrected chi connectivity index (χ0v) is 35.4. The number of rotatable bonds is 12. The van der Waals surface area contributed by atoms with Crippen molar-refractivity contribution in [3.8, 4) is 11.5 Å². The Bertz CT molecular complexity index is 2400. The first-order chi connectivity index (χ1) is 28.5. The van der Waals surface area contributed by atoms with Crippen molar-refractivity contribution in [1.29, 1.82) is 0 Å². The van der Waals surface area contributed by atoms with Gasteiger partial charge >= 0.3 is 0 Å². The van der Waals surface area contributed by atoms with E-state index < -0.39 is 48.8 Å². The highest BCUT2D eigenvalue weighted by atomic mass is 35.5. The van der Waals surface area contributed by atoms with Crippen molar-refractivity contribution in [3.05, 3.63) is 122 Å². The molecule has 2 fully saturated rings. The highest BCUT2D eigenvalue weighted by Gasteiger charge is 2.31. The summed E-state index contributed by atoms with van der Waals surface area (Å²) in [6.45, 7) is 9.73. The van der Waals surface area contributed by atoms with Crippen molar-refractivity contribution >= 4 is 50.2 Å². The standard InChI is InChI=1S/C44H49ClF2N6O6S/c1-44(2)18-15-30(36(27-44)29-7-9-31(45)10-8-29)28-51-21-23-52(24-22-51)33-11-13-35(41(25-33)59-40-6-4-5-37(46)42(40)47)43(54)49-60(57,58)34-12-14-38(39(26-34)53(55)56)48-32-16-19-50(3)20-17-32/h4-14,25-26,32,48H,15-24,27-28H2,1-3H3,(H,49,54). The lowest BCUT2D eigenvalue weighted by Crippen LogP contribution is -2.47. The molecule has 4 aromatic carbocycles. The van der Waals surface area contributed by atoms with Crippen LogP contribution in [0.4, 0.5) is 25.8 Å². The SMILES string of the molecule is CN1CCC(Nc2ccc(S(=O)(=O)NC(=O)c3ccc(N4CCN(CC5=C(c6ccc(Cl)cc6)CC(C)(C)CC5)CC4)cc3Oc3cccc(F)c3F)cc2[N+](=O)[O-])CC1. The number of amides is 1. The van der Waals surface area contributed by atoms with Gasteiger partial charge in [0.25, 0.3) is 21.6 Å². The number of halogens is 3. The van der Waals surface area contributed by atoms with Gasteiger partial charge in [0, 0.05) is 61.6 Å². The molecular formula is C44H49ClF2N6O6S. The second kappa shape index (κ2) is 17.9. The van der Waals surface area contributed by atoms with Crippen molar-refractivity contribution in [2.75, 3.05) is 63.1 Å². The predicted molar refractivity (Wildman–Crippen MR) is 229 cm³/mol. The third-order valence-corrected chi connectivity index (χ3v) is 13.2. The first-order valence-corrected chi connectivity index (χ1v) is 21.9. The van der Waals surface area contributed by atoms with Crippen molar-refractivity contribution in [2.45, 2.75) is 56.9 Å². The Morgan fingerprint density at radius 3 is 2.37 bits per heavy atom. The molecule has 0 spiro atoms. The first-order valence-electron chi connectivity index (χ1n) is 20.1. The Balaban J connectivity index is 1.10. The Hall–Kier alpha value is -5.09. The number of likely N-dealkylation sites (tertiary alicyclic amines) is 1. The summed E-state index contributed by atoms with van der Waals surface area (Å²) in [5.41, 5.74) is 4.22. The summed E-state index contributed by atoms with van der Waals surface area (Å²) in [4.78, 5) is 31.3. The number of anilines is 2.